The number of aromatic nitrogens is 6. The van der Waals surface area contributed by atoms with Gasteiger partial charge in [-0.15, -0.1) is 5.10 Å². The van der Waals surface area contributed by atoms with Gasteiger partial charge in [-0.2, -0.15) is 5.10 Å². The fourth-order valence-electron chi connectivity index (χ4n) is 2.87. The van der Waals surface area contributed by atoms with E-state index in [9.17, 15) is 22.4 Å². The molecular formula is C19H15F4N7O. The highest BCUT2D eigenvalue weighted by molar-refractivity contribution is 6.02. The Bertz CT molecular complexity index is 1230. The Morgan fingerprint density at radius 3 is 2.48 bits per heavy atom. The lowest BCUT2D eigenvalue weighted by Crippen LogP contribution is -2.14. The molecule has 8 nitrogen and oxygen atoms in total. The van der Waals surface area contributed by atoms with Crippen LogP contribution in [-0.4, -0.2) is 35.3 Å². The Morgan fingerprint density at radius 1 is 1.06 bits per heavy atom. The maximum Gasteiger partial charge on any atom is 0.280 e. The Hall–Kier alpha value is -3.83. The van der Waals surface area contributed by atoms with E-state index in [2.05, 4.69) is 25.5 Å². The van der Waals surface area contributed by atoms with Gasteiger partial charge >= 0.3 is 0 Å². The average molecular weight is 433 g/mol. The number of amides is 1. The van der Waals surface area contributed by atoms with Crippen molar-refractivity contribution in [2.45, 2.75) is 26.3 Å². The van der Waals surface area contributed by atoms with Crippen LogP contribution in [0.1, 0.15) is 45.9 Å². The number of alkyl halides is 4. The van der Waals surface area contributed by atoms with Crippen LogP contribution < -0.4 is 5.32 Å². The number of aryl methyl sites for hydroxylation is 1. The highest BCUT2D eigenvalue weighted by atomic mass is 19.3. The minimum Gasteiger partial charge on any atom is -0.288 e. The summed E-state index contributed by atoms with van der Waals surface area (Å²) in [5.74, 6) is -0.818. The molecule has 0 unspecified atom stereocenters. The van der Waals surface area contributed by atoms with Gasteiger partial charge < -0.3 is 0 Å². The molecule has 0 saturated heterocycles. The molecule has 0 aliphatic heterocycles. The largest absolute Gasteiger partial charge is 0.288 e. The van der Waals surface area contributed by atoms with E-state index in [1.807, 2.05) is 31.2 Å². The summed E-state index contributed by atoms with van der Waals surface area (Å²) < 4.78 is 54.5. The maximum atomic E-state index is 13.2. The summed E-state index contributed by atoms with van der Waals surface area (Å²) in [4.78, 5) is 20.0. The van der Waals surface area contributed by atoms with Crippen LogP contribution in [0.25, 0.3) is 5.65 Å². The van der Waals surface area contributed by atoms with Gasteiger partial charge in [0.25, 0.3) is 18.8 Å². The number of hydrogen-bond acceptors (Lipinski definition) is 5. The van der Waals surface area contributed by atoms with Crippen molar-refractivity contribution in [2.75, 3.05) is 5.32 Å². The van der Waals surface area contributed by atoms with Crippen LogP contribution in [0.15, 0.2) is 42.7 Å². The van der Waals surface area contributed by atoms with Gasteiger partial charge in [0, 0.05) is 6.07 Å². The molecule has 0 spiro atoms. The van der Waals surface area contributed by atoms with E-state index >= 15 is 0 Å². The third kappa shape index (κ3) is 4.37. The molecule has 0 saturated carbocycles. The van der Waals surface area contributed by atoms with Gasteiger partial charge in [-0.05, 0) is 18.6 Å². The first-order valence-electron chi connectivity index (χ1n) is 9.03. The molecule has 12 heteroatoms. The first kappa shape index (κ1) is 20.4. The van der Waals surface area contributed by atoms with Crippen molar-refractivity contribution in [2.24, 2.45) is 0 Å². The molecule has 0 radical (unpaired) electrons. The highest BCUT2D eigenvalue weighted by Crippen LogP contribution is 2.25. The second-order valence-corrected chi connectivity index (χ2v) is 6.71. The van der Waals surface area contributed by atoms with E-state index in [0.717, 1.165) is 17.2 Å². The van der Waals surface area contributed by atoms with Gasteiger partial charge in [-0.25, -0.2) is 36.7 Å². The fraction of sp³-hybridized carbons (Fsp3) is 0.211. The molecule has 1 aromatic carbocycles. The number of carbonyl (C=O) groups excluding carboxylic acids is 1. The Morgan fingerprint density at radius 2 is 1.81 bits per heavy atom. The van der Waals surface area contributed by atoms with E-state index in [1.165, 1.54) is 11.0 Å². The molecule has 4 aromatic rings. The number of anilines is 1. The lowest BCUT2D eigenvalue weighted by Gasteiger charge is -2.06. The number of nitrogens with zero attached hydrogens (tertiary/aromatic N) is 6. The number of benzene rings is 1. The van der Waals surface area contributed by atoms with E-state index in [1.54, 1.807) is 0 Å². The number of fused-ring (bicyclic) bond motifs is 1. The third-order valence-electron chi connectivity index (χ3n) is 4.38. The maximum absolute atomic E-state index is 13.2. The predicted octanol–water partition coefficient (Wildman–Crippen LogP) is 3.81. The lowest BCUT2D eigenvalue weighted by atomic mass is 10.1. The van der Waals surface area contributed by atoms with Gasteiger partial charge in [0.2, 0.25) is 5.95 Å². The number of hydrogen-bond donors (Lipinski definition) is 1. The molecule has 31 heavy (non-hydrogen) atoms. The van der Waals surface area contributed by atoms with Crippen LogP contribution in [0.5, 0.6) is 0 Å². The predicted molar refractivity (Wildman–Crippen MR) is 101 cm³/mol. The van der Waals surface area contributed by atoms with Crippen LogP contribution in [0.4, 0.5) is 23.5 Å². The SMILES string of the molecule is Cc1ccc(Cn2cnc(NC(=O)c3cc4nc(C(F)F)cc(C(F)F)n4n3)n2)cc1. The Labute approximate surface area is 172 Å². The zero-order chi connectivity index (χ0) is 22.1. The normalized spacial score (nSPS) is 11.6. The summed E-state index contributed by atoms with van der Waals surface area (Å²) >= 11 is 0. The molecule has 1 amide bonds. The third-order valence-corrected chi connectivity index (χ3v) is 4.38. The Balaban J connectivity index is 1.54. The summed E-state index contributed by atoms with van der Waals surface area (Å²) in [5, 5.41) is 10.3. The average Bonchev–Trinajstić information content (AvgIpc) is 3.35. The standard InChI is InChI=1S/C19H15F4N7O/c1-10-2-4-11(5-3-10)8-29-9-24-19(28-29)26-18(31)13-7-15-25-12(16(20)21)6-14(17(22)23)30(15)27-13/h2-7,9,16-17H,8H2,1H3,(H,26,28,31). The summed E-state index contributed by atoms with van der Waals surface area (Å²) in [6.07, 6.45) is -4.71. The van der Waals surface area contributed by atoms with Crippen LogP contribution in [0, 0.1) is 6.92 Å². The molecule has 4 rings (SSSR count). The lowest BCUT2D eigenvalue weighted by molar-refractivity contribution is 0.101. The molecule has 160 valence electrons. The summed E-state index contributed by atoms with van der Waals surface area (Å²) in [7, 11) is 0. The number of carbonyl (C=O) groups is 1. The van der Waals surface area contributed by atoms with Crippen molar-refractivity contribution in [3.8, 4) is 0 Å². The summed E-state index contributed by atoms with van der Waals surface area (Å²) in [6, 6.07) is 9.39. The van der Waals surface area contributed by atoms with E-state index < -0.39 is 30.1 Å². The fourth-order valence-corrected chi connectivity index (χ4v) is 2.87. The molecule has 0 bridgehead atoms. The molecule has 3 heterocycles. The second-order valence-electron chi connectivity index (χ2n) is 6.71. The van der Waals surface area contributed by atoms with Gasteiger partial charge in [0.1, 0.15) is 17.7 Å². The second kappa shape index (κ2) is 8.13. The number of rotatable bonds is 6. The van der Waals surface area contributed by atoms with Gasteiger partial charge in [0.15, 0.2) is 11.3 Å². The molecule has 0 fully saturated rings. The minimum atomic E-state index is -3.09. The summed E-state index contributed by atoms with van der Waals surface area (Å²) in [5.41, 5.74) is -0.111. The highest BCUT2D eigenvalue weighted by Gasteiger charge is 2.22. The topological polar surface area (TPSA) is 90.0 Å². The van der Waals surface area contributed by atoms with Crippen LogP contribution >= 0.6 is 0 Å². The Kier molecular flexibility index (Phi) is 5.36. The molecule has 1 N–H and O–H groups in total. The molecular weight excluding hydrogens is 418 g/mol. The first-order chi connectivity index (χ1) is 14.8. The van der Waals surface area contributed by atoms with Gasteiger partial charge in [0.05, 0.1) is 6.54 Å². The van der Waals surface area contributed by atoms with E-state index in [4.69, 9.17) is 0 Å². The van der Waals surface area contributed by atoms with E-state index in [-0.39, 0.29) is 17.3 Å². The molecule has 0 aliphatic carbocycles. The van der Waals surface area contributed by atoms with Gasteiger partial charge in [-0.3, -0.25) is 10.1 Å². The van der Waals surface area contributed by atoms with Gasteiger partial charge in [-0.1, -0.05) is 29.8 Å². The van der Waals surface area contributed by atoms with Crippen molar-refractivity contribution < 1.29 is 22.4 Å². The van der Waals surface area contributed by atoms with Crippen molar-refractivity contribution in [3.63, 3.8) is 0 Å². The van der Waals surface area contributed by atoms with Crippen LogP contribution in [0.3, 0.4) is 0 Å². The van der Waals surface area contributed by atoms with Crippen molar-refractivity contribution in [1.29, 1.82) is 0 Å². The zero-order valence-corrected chi connectivity index (χ0v) is 16.0. The quantitative estimate of drug-likeness (QED) is 0.467. The first-order valence-corrected chi connectivity index (χ1v) is 9.03. The van der Waals surface area contributed by atoms with Crippen LogP contribution in [0.2, 0.25) is 0 Å². The van der Waals surface area contributed by atoms with Crippen molar-refractivity contribution in [1.82, 2.24) is 29.4 Å². The van der Waals surface area contributed by atoms with Crippen molar-refractivity contribution >= 4 is 17.5 Å². The molecule has 0 aliphatic rings. The summed E-state index contributed by atoms with van der Waals surface area (Å²) in [6.45, 7) is 2.40. The minimum absolute atomic E-state index is 0.0236. The molecule has 3 aromatic heterocycles. The molecule has 0 atom stereocenters. The number of halogens is 4. The number of nitrogens with one attached hydrogen (secondary N) is 1. The van der Waals surface area contributed by atoms with Crippen molar-refractivity contribution in [3.05, 3.63) is 70.9 Å². The smallest absolute Gasteiger partial charge is 0.280 e. The zero-order valence-electron chi connectivity index (χ0n) is 16.0. The monoisotopic (exact) mass is 433 g/mol. The van der Waals surface area contributed by atoms with E-state index in [0.29, 0.717) is 17.1 Å². The van der Waals surface area contributed by atoms with Crippen LogP contribution in [-0.2, 0) is 6.54 Å².